The summed E-state index contributed by atoms with van der Waals surface area (Å²) < 4.78 is -0.642. The lowest BCUT2D eigenvalue weighted by Crippen LogP contribution is -2.74. The quantitative estimate of drug-likeness (QED) is 0.579. The van der Waals surface area contributed by atoms with E-state index in [1.807, 2.05) is 12.3 Å². The van der Waals surface area contributed by atoms with E-state index in [-0.39, 0.29) is 17.9 Å². The van der Waals surface area contributed by atoms with Crippen molar-refractivity contribution in [3.05, 3.63) is 23.1 Å². The Morgan fingerprint density at radius 2 is 2.47 bits per heavy atom. The molecule has 92 valence electrons. The Kier molecular flexibility index (Phi) is 2.60. The number of hydrogen-bond donors (Lipinski definition) is 2. The van der Waals surface area contributed by atoms with Crippen molar-refractivity contribution >= 4 is 17.7 Å². The Labute approximate surface area is 105 Å². The largest absolute Gasteiger partial charge is 0.390 e. The molecular formula is C13H17NO2S. The van der Waals surface area contributed by atoms with E-state index >= 15 is 0 Å². The molecular weight excluding hydrogens is 234 g/mol. The van der Waals surface area contributed by atoms with Crippen molar-refractivity contribution in [2.24, 2.45) is 5.92 Å². The molecule has 2 aliphatic heterocycles. The number of aliphatic hydroxyl groups excluding tert-OH is 1. The molecule has 0 unspecified atom stereocenters. The van der Waals surface area contributed by atoms with Crippen LogP contribution in [0, 0.1) is 5.92 Å². The molecule has 0 aromatic rings. The molecule has 0 spiro atoms. The van der Waals surface area contributed by atoms with Gasteiger partial charge in [0.2, 0.25) is 5.91 Å². The third-order valence-corrected chi connectivity index (χ3v) is 5.63. The lowest BCUT2D eigenvalue weighted by atomic mass is 9.74. The molecule has 3 nitrogen and oxygen atoms in total. The Hall–Kier alpha value is -0.740. The van der Waals surface area contributed by atoms with Gasteiger partial charge in [0.05, 0.1) is 12.1 Å². The number of thioether (sulfide) groups is 1. The number of carbonyl (C=O) groups excluding carboxylic acids is 1. The Bertz CT molecular complexity index is 418. The molecule has 1 saturated heterocycles. The molecule has 3 rings (SSSR count). The highest BCUT2D eigenvalue weighted by Crippen LogP contribution is 2.51. The van der Waals surface area contributed by atoms with Gasteiger partial charge in [0.15, 0.2) is 0 Å². The summed E-state index contributed by atoms with van der Waals surface area (Å²) >= 11 is 1.50. The second kappa shape index (κ2) is 3.89. The average molecular weight is 251 g/mol. The summed E-state index contributed by atoms with van der Waals surface area (Å²) in [6.07, 6.45) is 6.82. The van der Waals surface area contributed by atoms with Crippen molar-refractivity contribution in [3.63, 3.8) is 0 Å². The van der Waals surface area contributed by atoms with E-state index in [1.54, 1.807) is 0 Å². The van der Waals surface area contributed by atoms with Crippen molar-refractivity contribution in [2.45, 2.75) is 43.1 Å². The third kappa shape index (κ3) is 1.43. The van der Waals surface area contributed by atoms with Crippen LogP contribution in [0.5, 0.6) is 0 Å². The molecule has 4 atom stereocenters. The molecule has 3 aliphatic rings. The number of rotatable bonds is 2. The van der Waals surface area contributed by atoms with Gasteiger partial charge in [-0.25, -0.2) is 0 Å². The number of fused-ring (bicyclic) bond motifs is 1. The summed E-state index contributed by atoms with van der Waals surface area (Å²) in [5.74, 6) is 0.121. The fourth-order valence-corrected chi connectivity index (χ4v) is 4.41. The first-order valence-electron chi connectivity index (χ1n) is 6.16. The van der Waals surface area contributed by atoms with Gasteiger partial charge in [-0.1, -0.05) is 12.2 Å². The highest BCUT2D eigenvalue weighted by Gasteiger charge is 2.64. The lowest BCUT2D eigenvalue weighted by Gasteiger charge is -2.49. The summed E-state index contributed by atoms with van der Waals surface area (Å²) in [6, 6.07) is 0.0327. The van der Waals surface area contributed by atoms with Crippen LogP contribution in [0.4, 0.5) is 0 Å². The van der Waals surface area contributed by atoms with Crippen LogP contribution < -0.4 is 5.32 Å². The molecule has 1 aliphatic carbocycles. The highest BCUT2D eigenvalue weighted by molar-refractivity contribution is 8.04. The topological polar surface area (TPSA) is 49.3 Å². The summed E-state index contributed by atoms with van der Waals surface area (Å²) in [5, 5.41) is 15.5. The van der Waals surface area contributed by atoms with Crippen LogP contribution in [0.15, 0.2) is 23.1 Å². The molecule has 0 aromatic carbocycles. The van der Waals surface area contributed by atoms with Crippen molar-refractivity contribution in [2.75, 3.05) is 0 Å². The van der Waals surface area contributed by atoms with Crippen LogP contribution in [-0.4, -0.2) is 27.9 Å². The molecule has 2 heterocycles. The zero-order valence-corrected chi connectivity index (χ0v) is 10.7. The minimum atomic E-state index is -0.642. The van der Waals surface area contributed by atoms with E-state index in [9.17, 15) is 9.90 Å². The second-order valence-corrected chi connectivity index (χ2v) is 6.29. The summed E-state index contributed by atoms with van der Waals surface area (Å²) in [4.78, 5) is 11.9. The van der Waals surface area contributed by atoms with Crippen LogP contribution in [0.2, 0.25) is 0 Å². The fraction of sp³-hybridized carbons (Fsp3) is 0.615. The van der Waals surface area contributed by atoms with Gasteiger partial charge in [-0.3, -0.25) is 4.79 Å². The van der Waals surface area contributed by atoms with Gasteiger partial charge in [-0.05, 0) is 37.2 Å². The molecule has 0 aromatic heterocycles. The maximum atomic E-state index is 11.9. The SMILES string of the molecule is CC1=CS[C@@]2([C@@H](O)[C@H]3C=CCCC3)C(=O)N[C@@H]12. The van der Waals surface area contributed by atoms with E-state index in [1.165, 1.54) is 11.8 Å². The van der Waals surface area contributed by atoms with Crippen molar-refractivity contribution < 1.29 is 9.90 Å². The third-order valence-electron chi connectivity index (χ3n) is 4.09. The van der Waals surface area contributed by atoms with Gasteiger partial charge in [-0.15, -0.1) is 11.8 Å². The Morgan fingerprint density at radius 1 is 1.65 bits per heavy atom. The molecule has 1 fully saturated rings. The van der Waals surface area contributed by atoms with E-state index in [0.717, 1.165) is 24.8 Å². The van der Waals surface area contributed by atoms with Crippen molar-refractivity contribution in [3.8, 4) is 0 Å². The fourth-order valence-electron chi connectivity index (χ4n) is 3.03. The van der Waals surface area contributed by atoms with Crippen LogP contribution in [0.25, 0.3) is 0 Å². The van der Waals surface area contributed by atoms with Crippen LogP contribution in [0.1, 0.15) is 26.2 Å². The normalized spacial score (nSPS) is 41.3. The summed E-state index contributed by atoms with van der Waals surface area (Å²) in [6.45, 7) is 2.02. The number of amides is 1. The Balaban J connectivity index is 1.85. The zero-order chi connectivity index (χ0) is 12.0. The van der Waals surface area contributed by atoms with E-state index in [4.69, 9.17) is 0 Å². The maximum absolute atomic E-state index is 11.9. The maximum Gasteiger partial charge on any atom is 0.242 e. The number of β-lactam (4-membered cyclic amide) rings is 1. The summed E-state index contributed by atoms with van der Waals surface area (Å²) in [7, 11) is 0. The van der Waals surface area contributed by atoms with Crippen molar-refractivity contribution in [1.82, 2.24) is 5.32 Å². The predicted octanol–water partition coefficient (Wildman–Crippen LogP) is 1.59. The lowest BCUT2D eigenvalue weighted by molar-refractivity contribution is -0.137. The van der Waals surface area contributed by atoms with Gasteiger partial charge >= 0.3 is 0 Å². The zero-order valence-electron chi connectivity index (χ0n) is 9.85. The van der Waals surface area contributed by atoms with Gasteiger partial charge in [0, 0.05) is 5.92 Å². The Morgan fingerprint density at radius 3 is 3.06 bits per heavy atom. The number of allylic oxidation sites excluding steroid dienone is 1. The standard InChI is InChI=1S/C13H17NO2S/c1-8-7-17-13(10(8)14-12(13)16)11(15)9-5-3-2-4-6-9/h3,5,7,9-11,15H,2,4,6H2,1H3,(H,14,16)/t9-,10-,11-,13-/m0/s1. The highest BCUT2D eigenvalue weighted by atomic mass is 32.2. The molecule has 2 N–H and O–H groups in total. The average Bonchev–Trinajstić information content (AvgIpc) is 2.62. The van der Waals surface area contributed by atoms with E-state index < -0.39 is 10.9 Å². The van der Waals surface area contributed by atoms with Crippen LogP contribution in [0.3, 0.4) is 0 Å². The first-order valence-corrected chi connectivity index (χ1v) is 7.04. The molecule has 4 heteroatoms. The van der Waals surface area contributed by atoms with Crippen LogP contribution >= 0.6 is 11.8 Å². The van der Waals surface area contributed by atoms with Gasteiger partial charge in [0.1, 0.15) is 4.75 Å². The minimum Gasteiger partial charge on any atom is -0.390 e. The molecule has 0 radical (unpaired) electrons. The molecule has 0 bridgehead atoms. The smallest absolute Gasteiger partial charge is 0.242 e. The first-order chi connectivity index (χ1) is 8.16. The minimum absolute atomic E-state index is 0.00734. The summed E-state index contributed by atoms with van der Waals surface area (Å²) in [5.41, 5.74) is 1.16. The first kappa shape index (κ1) is 11.4. The van der Waals surface area contributed by atoms with Gasteiger partial charge in [-0.2, -0.15) is 0 Å². The predicted molar refractivity (Wildman–Crippen MR) is 68.5 cm³/mol. The van der Waals surface area contributed by atoms with E-state index in [0.29, 0.717) is 0 Å². The number of hydrogen-bond acceptors (Lipinski definition) is 3. The molecule has 1 amide bonds. The molecule has 17 heavy (non-hydrogen) atoms. The van der Waals surface area contributed by atoms with E-state index in [2.05, 4.69) is 17.5 Å². The van der Waals surface area contributed by atoms with Crippen molar-refractivity contribution in [1.29, 1.82) is 0 Å². The van der Waals surface area contributed by atoms with Gasteiger partial charge in [0.25, 0.3) is 0 Å². The monoisotopic (exact) mass is 251 g/mol. The number of carbonyl (C=O) groups is 1. The second-order valence-electron chi connectivity index (χ2n) is 5.15. The number of nitrogens with one attached hydrogen (secondary N) is 1. The van der Waals surface area contributed by atoms with Gasteiger partial charge < -0.3 is 10.4 Å². The molecule has 0 saturated carbocycles. The van der Waals surface area contributed by atoms with Crippen LogP contribution in [-0.2, 0) is 4.79 Å². The number of aliphatic hydroxyl groups is 1.